The normalized spacial score (nSPS) is 13.5. The van der Waals surface area contributed by atoms with Crippen LogP contribution in [0.2, 0.25) is 0 Å². The van der Waals surface area contributed by atoms with Gasteiger partial charge in [0.25, 0.3) is 0 Å². The average Bonchev–Trinajstić information content (AvgIpc) is 3.04. The van der Waals surface area contributed by atoms with Gasteiger partial charge in [-0.1, -0.05) is 18.2 Å². The lowest BCUT2D eigenvalue weighted by molar-refractivity contribution is 0.0636. The summed E-state index contributed by atoms with van der Waals surface area (Å²) in [6.45, 7) is 5.45. The summed E-state index contributed by atoms with van der Waals surface area (Å²) in [4.78, 5) is 16.1. The summed E-state index contributed by atoms with van der Waals surface area (Å²) in [5.41, 5.74) is 2.96. The molecule has 0 atom stereocenters. The summed E-state index contributed by atoms with van der Waals surface area (Å²) in [5, 5.41) is 3.05. The van der Waals surface area contributed by atoms with Crippen LogP contribution in [0, 0.1) is 0 Å². The Hall–Kier alpha value is -1.48. The largest absolute Gasteiger partial charge is 0.444 e. The van der Waals surface area contributed by atoms with E-state index in [0.29, 0.717) is 11.0 Å². The summed E-state index contributed by atoms with van der Waals surface area (Å²) < 4.78 is 10.8. The third-order valence-electron chi connectivity index (χ3n) is 3.16. The fourth-order valence-electron chi connectivity index (χ4n) is 2.21. The number of fused-ring (bicyclic) bond motifs is 1. The maximum absolute atomic E-state index is 11.8. The lowest BCUT2D eigenvalue weighted by Crippen LogP contribution is -2.27. The summed E-state index contributed by atoms with van der Waals surface area (Å²) in [6, 6.07) is 6.22. The first-order valence-electron chi connectivity index (χ1n) is 7.15. The van der Waals surface area contributed by atoms with Crippen molar-refractivity contribution in [3.8, 4) is 11.4 Å². The van der Waals surface area contributed by atoms with Crippen LogP contribution in [0.4, 0.5) is 9.93 Å². The molecule has 0 saturated carbocycles. The van der Waals surface area contributed by atoms with Crippen molar-refractivity contribution in [3.05, 3.63) is 35.4 Å². The van der Waals surface area contributed by atoms with E-state index in [2.05, 4.69) is 55.5 Å². The Bertz CT molecular complexity index is 793. The number of carbonyl (C=O) groups is 1. The van der Waals surface area contributed by atoms with Crippen LogP contribution in [-0.2, 0) is 11.2 Å². The third-order valence-corrected chi connectivity index (χ3v) is 4.81. The number of rotatable bonds is 2. The van der Waals surface area contributed by atoms with Crippen LogP contribution in [0.15, 0.2) is 24.3 Å². The summed E-state index contributed by atoms with van der Waals surface area (Å²) in [6.07, 6.45) is 2.66. The molecule has 23 heavy (non-hydrogen) atoms. The Morgan fingerprint density at radius 1 is 1.39 bits per heavy atom. The number of nitrogens with one attached hydrogen (secondary N) is 1. The van der Waals surface area contributed by atoms with E-state index in [1.807, 2.05) is 26.8 Å². The fraction of sp³-hybridized carbons (Fsp3) is 0.312. The van der Waals surface area contributed by atoms with Gasteiger partial charge in [0, 0.05) is 20.7 Å². The molecule has 0 spiro atoms. The number of aromatic nitrogens is 2. The fourth-order valence-corrected chi connectivity index (χ4v) is 3.51. The molecule has 2 aromatic rings. The van der Waals surface area contributed by atoms with Crippen molar-refractivity contribution in [3.63, 3.8) is 0 Å². The van der Waals surface area contributed by atoms with Gasteiger partial charge in [-0.05, 0) is 67.0 Å². The first-order valence-corrected chi connectivity index (χ1v) is 9.00. The lowest BCUT2D eigenvalue weighted by Gasteiger charge is -2.18. The molecule has 1 amide bonds. The molecule has 1 aromatic carbocycles. The van der Waals surface area contributed by atoms with E-state index >= 15 is 0 Å². The quantitative estimate of drug-likeness (QED) is 0.675. The minimum Gasteiger partial charge on any atom is -0.444 e. The number of halogens is 1. The molecule has 1 N–H and O–H groups in total. The van der Waals surface area contributed by atoms with E-state index in [1.165, 1.54) is 14.7 Å². The van der Waals surface area contributed by atoms with Gasteiger partial charge < -0.3 is 4.74 Å². The first kappa shape index (κ1) is 16.4. The topological polar surface area (TPSA) is 64.1 Å². The van der Waals surface area contributed by atoms with E-state index in [9.17, 15) is 4.79 Å². The molecule has 0 bridgehead atoms. The Labute approximate surface area is 152 Å². The number of hydrogen-bond acceptors (Lipinski definition) is 5. The number of amides is 1. The highest BCUT2D eigenvalue weighted by atomic mass is 127. The molecule has 1 aromatic heterocycles. The number of benzene rings is 1. The van der Waals surface area contributed by atoms with Gasteiger partial charge in [0.05, 0.1) is 0 Å². The highest BCUT2D eigenvalue weighted by Crippen LogP contribution is 2.35. The Kier molecular flexibility index (Phi) is 4.41. The van der Waals surface area contributed by atoms with E-state index in [1.54, 1.807) is 0 Å². The highest BCUT2D eigenvalue weighted by Gasteiger charge is 2.18. The Morgan fingerprint density at radius 3 is 2.91 bits per heavy atom. The molecule has 0 radical (unpaired) electrons. The van der Waals surface area contributed by atoms with Crippen LogP contribution in [0.25, 0.3) is 15.0 Å². The van der Waals surface area contributed by atoms with Crippen LogP contribution in [0.3, 0.4) is 0 Å². The van der Waals surface area contributed by atoms with Gasteiger partial charge in [-0.3, -0.25) is 5.32 Å². The van der Waals surface area contributed by atoms with Crippen LogP contribution < -0.4 is 5.32 Å². The molecular weight excluding hydrogens is 425 g/mol. The van der Waals surface area contributed by atoms with Crippen molar-refractivity contribution in [1.82, 2.24) is 9.36 Å². The third kappa shape index (κ3) is 3.89. The number of ether oxygens (including phenoxy) is 1. The van der Waals surface area contributed by atoms with Gasteiger partial charge in [0.2, 0.25) is 5.13 Å². The molecule has 0 unspecified atom stereocenters. The van der Waals surface area contributed by atoms with Crippen molar-refractivity contribution in [2.75, 3.05) is 5.32 Å². The molecular formula is C16H16IN3O2S. The van der Waals surface area contributed by atoms with Crippen LogP contribution in [0.1, 0.15) is 31.9 Å². The molecule has 0 aliphatic heterocycles. The van der Waals surface area contributed by atoms with Gasteiger partial charge in [0.15, 0.2) is 5.82 Å². The number of nitrogens with zero attached hydrogens (tertiary/aromatic N) is 2. The minimum absolute atomic E-state index is 0.431. The van der Waals surface area contributed by atoms with Gasteiger partial charge in [-0.15, -0.1) is 0 Å². The summed E-state index contributed by atoms with van der Waals surface area (Å²) >= 11 is 3.49. The van der Waals surface area contributed by atoms with E-state index in [4.69, 9.17) is 4.74 Å². The second-order valence-corrected chi connectivity index (χ2v) is 8.09. The molecule has 5 nitrogen and oxygen atoms in total. The highest BCUT2D eigenvalue weighted by molar-refractivity contribution is 14.1. The van der Waals surface area contributed by atoms with Gasteiger partial charge in [-0.25, -0.2) is 4.79 Å². The van der Waals surface area contributed by atoms with Gasteiger partial charge in [-0.2, -0.15) is 9.36 Å². The second-order valence-electron chi connectivity index (χ2n) is 6.18. The molecule has 7 heteroatoms. The predicted molar refractivity (Wildman–Crippen MR) is 101 cm³/mol. The molecule has 1 heterocycles. The van der Waals surface area contributed by atoms with Crippen molar-refractivity contribution >= 4 is 48.9 Å². The number of hydrogen-bond donors (Lipinski definition) is 1. The SMILES string of the molecule is CC(C)(C)OC(=O)Nc1nc(-c2ccc3c(c2)C(I)=CC3)ns1. The molecule has 120 valence electrons. The average molecular weight is 441 g/mol. The van der Waals surface area contributed by atoms with Crippen molar-refractivity contribution < 1.29 is 9.53 Å². The molecule has 1 aliphatic carbocycles. The minimum atomic E-state index is -0.541. The first-order chi connectivity index (χ1) is 10.8. The molecule has 3 rings (SSSR count). The molecule has 0 fully saturated rings. The Morgan fingerprint density at radius 2 is 2.17 bits per heavy atom. The Balaban J connectivity index is 1.76. The summed E-state index contributed by atoms with van der Waals surface area (Å²) in [7, 11) is 0. The van der Waals surface area contributed by atoms with Crippen LogP contribution in [0.5, 0.6) is 0 Å². The smallest absolute Gasteiger partial charge is 0.414 e. The maximum Gasteiger partial charge on any atom is 0.414 e. The maximum atomic E-state index is 11.8. The second kappa shape index (κ2) is 6.20. The lowest BCUT2D eigenvalue weighted by atomic mass is 10.1. The zero-order valence-electron chi connectivity index (χ0n) is 13.0. The monoisotopic (exact) mass is 441 g/mol. The number of anilines is 1. The van der Waals surface area contributed by atoms with Crippen molar-refractivity contribution in [2.45, 2.75) is 32.8 Å². The molecule has 1 aliphatic rings. The number of carbonyl (C=O) groups excluding carboxylic acids is 1. The summed E-state index contributed by atoms with van der Waals surface area (Å²) in [5.74, 6) is 0.611. The standard InChI is InChI=1S/C16H16IN3O2S/c1-16(2,3)22-15(21)19-14-18-13(20-23-14)10-5-4-9-6-7-12(17)11(9)8-10/h4-5,7-8H,6H2,1-3H3,(H,18,19,20,21). The van der Waals surface area contributed by atoms with Crippen LogP contribution in [-0.4, -0.2) is 21.1 Å². The van der Waals surface area contributed by atoms with E-state index in [-0.39, 0.29) is 0 Å². The zero-order valence-corrected chi connectivity index (χ0v) is 16.0. The van der Waals surface area contributed by atoms with Gasteiger partial charge >= 0.3 is 6.09 Å². The van der Waals surface area contributed by atoms with Crippen LogP contribution >= 0.6 is 34.1 Å². The predicted octanol–water partition coefficient (Wildman–Crippen LogP) is 4.88. The van der Waals surface area contributed by atoms with Crippen molar-refractivity contribution in [1.29, 1.82) is 0 Å². The van der Waals surface area contributed by atoms with E-state index in [0.717, 1.165) is 23.5 Å². The van der Waals surface area contributed by atoms with Gasteiger partial charge in [0.1, 0.15) is 5.60 Å². The number of allylic oxidation sites excluding steroid dienone is 1. The molecule has 0 saturated heterocycles. The zero-order chi connectivity index (χ0) is 16.6. The van der Waals surface area contributed by atoms with Crippen molar-refractivity contribution in [2.24, 2.45) is 0 Å². The van der Waals surface area contributed by atoms with E-state index < -0.39 is 11.7 Å².